The second kappa shape index (κ2) is 19.8. The van der Waals surface area contributed by atoms with Gasteiger partial charge in [-0.2, -0.15) is 0 Å². The van der Waals surface area contributed by atoms with Gasteiger partial charge in [0.25, 0.3) is 10.2 Å². The van der Waals surface area contributed by atoms with Crippen LogP contribution < -0.4 is 10.1 Å². The number of esters is 2. The normalized spacial score (nSPS) is 28.0. The van der Waals surface area contributed by atoms with E-state index in [2.05, 4.69) is 21.9 Å². The first-order valence-corrected chi connectivity index (χ1v) is 20.5. The maximum Gasteiger partial charge on any atom is 0.514 e. The highest BCUT2D eigenvalue weighted by atomic mass is 17.0. The van der Waals surface area contributed by atoms with Crippen molar-refractivity contribution >= 4 is 35.6 Å². The Morgan fingerprint density at radius 2 is 1.59 bits per heavy atom. The summed E-state index contributed by atoms with van der Waals surface area (Å²) in [5.41, 5.74) is -1.73. The zero-order valence-corrected chi connectivity index (χ0v) is 34.5. The summed E-state index contributed by atoms with van der Waals surface area (Å²) < 4.78 is 21.9. The number of allylic oxidation sites excluding steroid dienone is 1. The van der Waals surface area contributed by atoms with Gasteiger partial charge in [-0.05, 0) is 105 Å². The van der Waals surface area contributed by atoms with Crippen molar-refractivity contribution in [3.05, 3.63) is 61.7 Å². The molecule has 3 fully saturated rings. The van der Waals surface area contributed by atoms with E-state index in [1.54, 1.807) is 6.08 Å². The minimum atomic E-state index is -1.82. The fraction of sp³-hybridized carbons (Fsp3) is 0.659. The standard InChI is InChI=1S/C41H53N3O17/c1-25(45)42-32(37(50)56-18-4-5-19-58-43(52)53)21-26-8-11-29(12-9-26)60-38(51)57-24-34(48)41(61-35(49)7-6-20-59-44(54)55)17-15-31-30-13-10-27-22-28(46)14-16-39(27,2)36(30)33(47)23-40(31,41)3/h8-9,11-12,22,30-33,36,47H,4-7,10,13-21,23-24H2,1-3H3,(H,42,45)/t30?,31?,32-,33-,36+,39-,40-,41-/m0/s1. The van der Waals surface area contributed by atoms with Crippen LogP contribution in [-0.4, -0.2) is 95.0 Å². The van der Waals surface area contributed by atoms with Gasteiger partial charge in [-0.15, -0.1) is 20.2 Å². The highest BCUT2D eigenvalue weighted by molar-refractivity contribution is 5.93. The van der Waals surface area contributed by atoms with Gasteiger partial charge in [0, 0.05) is 31.6 Å². The van der Waals surface area contributed by atoms with Gasteiger partial charge < -0.3 is 39.0 Å². The van der Waals surface area contributed by atoms with Crippen molar-refractivity contribution in [1.82, 2.24) is 5.32 Å². The Morgan fingerprint density at radius 3 is 2.26 bits per heavy atom. The summed E-state index contributed by atoms with van der Waals surface area (Å²) in [5.74, 6) is -3.06. The highest BCUT2D eigenvalue weighted by Crippen LogP contribution is 2.68. The fourth-order valence-electron chi connectivity index (χ4n) is 10.3. The molecule has 0 saturated heterocycles. The van der Waals surface area contributed by atoms with Crippen molar-refractivity contribution in [2.75, 3.05) is 26.4 Å². The van der Waals surface area contributed by atoms with Gasteiger partial charge >= 0.3 is 18.1 Å². The minimum absolute atomic E-state index is 0.0124. The summed E-state index contributed by atoms with van der Waals surface area (Å²) in [6.07, 6.45) is 2.74. The minimum Gasteiger partial charge on any atom is -0.464 e. The van der Waals surface area contributed by atoms with Crippen molar-refractivity contribution in [2.45, 2.75) is 116 Å². The van der Waals surface area contributed by atoms with Crippen molar-refractivity contribution in [3.63, 3.8) is 0 Å². The topological polar surface area (TPSA) is 276 Å². The molecule has 5 rings (SSSR count). The Kier molecular flexibility index (Phi) is 15.1. The number of hydrogen-bond donors (Lipinski definition) is 2. The molecule has 20 heteroatoms. The third-order valence-electron chi connectivity index (χ3n) is 13.0. The Hall–Kier alpha value is -5.66. The molecule has 0 spiro atoms. The lowest BCUT2D eigenvalue weighted by molar-refractivity contribution is -0.757. The number of Topliss-reactive ketones (excluding diaryl/α,β-unsaturated/α-hetero) is 1. The van der Waals surface area contributed by atoms with Gasteiger partial charge in [-0.1, -0.05) is 31.6 Å². The first kappa shape index (κ1) is 46.4. The number of ketones is 2. The summed E-state index contributed by atoms with van der Waals surface area (Å²) in [6, 6.07) is 4.82. The third-order valence-corrected chi connectivity index (χ3v) is 13.0. The SMILES string of the molecule is CC(=O)N[C@@H](Cc1ccc(OC(=O)OCC(=O)[C@@]2(OC(=O)CCCO[N+](=O)[O-])CCC3C4CCC5=CC(=O)CC[C@]5(C)[C@H]4[C@@H](O)C[C@@]32C)cc1)C(=O)OCCCCO[N+](=O)[O-]. The Balaban J connectivity index is 1.24. The molecule has 0 heterocycles. The van der Waals surface area contributed by atoms with Gasteiger partial charge in [0.15, 0.2) is 18.0 Å². The van der Waals surface area contributed by atoms with Gasteiger partial charge in [-0.3, -0.25) is 19.2 Å². The number of aliphatic hydroxyl groups is 1. The van der Waals surface area contributed by atoms with Crippen molar-refractivity contribution in [1.29, 1.82) is 0 Å². The quantitative estimate of drug-likeness (QED) is 0.0466. The number of carbonyl (C=O) groups excluding carboxylic acids is 6. The molecule has 0 aromatic heterocycles. The molecule has 20 nitrogen and oxygen atoms in total. The lowest BCUT2D eigenvalue weighted by atomic mass is 9.45. The van der Waals surface area contributed by atoms with Gasteiger partial charge in [0.05, 0.1) is 25.9 Å². The molecule has 334 valence electrons. The number of rotatable bonds is 20. The molecule has 1 amide bonds. The number of aliphatic hydroxyl groups excluding tert-OH is 1. The molecule has 2 N–H and O–H groups in total. The molecule has 8 atom stereocenters. The van der Waals surface area contributed by atoms with E-state index in [1.807, 2.05) is 6.92 Å². The maximum atomic E-state index is 14.4. The predicted molar refractivity (Wildman–Crippen MR) is 207 cm³/mol. The van der Waals surface area contributed by atoms with E-state index in [0.717, 1.165) is 5.57 Å². The molecule has 2 unspecified atom stereocenters. The van der Waals surface area contributed by atoms with Crippen LogP contribution in [0.2, 0.25) is 0 Å². The number of nitrogens with zero attached hydrogens (tertiary/aromatic N) is 2. The lowest BCUT2D eigenvalue weighted by Crippen LogP contribution is -2.63. The highest BCUT2D eigenvalue weighted by Gasteiger charge is 2.70. The number of ether oxygens (including phenoxy) is 4. The van der Waals surface area contributed by atoms with Crippen LogP contribution in [0.3, 0.4) is 0 Å². The molecule has 3 saturated carbocycles. The average molecular weight is 860 g/mol. The van der Waals surface area contributed by atoms with Crippen LogP contribution in [0.5, 0.6) is 5.75 Å². The van der Waals surface area contributed by atoms with Crippen LogP contribution >= 0.6 is 0 Å². The first-order chi connectivity index (χ1) is 28.9. The molecule has 1 aromatic carbocycles. The van der Waals surface area contributed by atoms with E-state index in [0.29, 0.717) is 44.1 Å². The van der Waals surface area contributed by atoms with Crippen LogP contribution in [0.25, 0.3) is 0 Å². The largest absolute Gasteiger partial charge is 0.514 e. The summed E-state index contributed by atoms with van der Waals surface area (Å²) in [4.78, 5) is 107. The smallest absolute Gasteiger partial charge is 0.464 e. The molecule has 0 aliphatic heterocycles. The fourth-order valence-corrected chi connectivity index (χ4v) is 10.3. The zero-order valence-electron chi connectivity index (χ0n) is 34.5. The number of nitrogens with one attached hydrogen (secondary N) is 1. The van der Waals surface area contributed by atoms with Gasteiger partial charge in [0.1, 0.15) is 11.8 Å². The summed E-state index contributed by atoms with van der Waals surface area (Å²) in [6.45, 7) is 3.73. The van der Waals surface area contributed by atoms with E-state index in [1.165, 1.54) is 31.2 Å². The van der Waals surface area contributed by atoms with Crippen molar-refractivity contribution in [2.24, 2.45) is 28.6 Å². The Labute approximate surface area is 351 Å². The summed E-state index contributed by atoms with van der Waals surface area (Å²) >= 11 is 0. The summed E-state index contributed by atoms with van der Waals surface area (Å²) in [5, 5.41) is 33.5. The molecule has 0 radical (unpaired) electrons. The third kappa shape index (κ3) is 10.8. The molecule has 61 heavy (non-hydrogen) atoms. The van der Waals surface area contributed by atoms with Crippen LogP contribution in [0.15, 0.2) is 35.9 Å². The lowest BCUT2D eigenvalue weighted by Gasteiger charge is -2.60. The summed E-state index contributed by atoms with van der Waals surface area (Å²) in [7, 11) is 0. The molecule has 0 bridgehead atoms. The van der Waals surface area contributed by atoms with E-state index in [4.69, 9.17) is 18.9 Å². The van der Waals surface area contributed by atoms with E-state index >= 15 is 0 Å². The van der Waals surface area contributed by atoms with Crippen molar-refractivity contribution in [3.8, 4) is 5.75 Å². The number of fused-ring (bicyclic) bond motifs is 5. The number of carbonyl (C=O) groups is 6. The number of hydrogen-bond acceptors (Lipinski definition) is 17. The van der Waals surface area contributed by atoms with Crippen molar-refractivity contribution < 1.29 is 72.7 Å². The number of amides is 1. The maximum absolute atomic E-state index is 14.4. The van der Waals surface area contributed by atoms with Crippen LogP contribution in [0, 0.1) is 48.8 Å². The van der Waals surface area contributed by atoms with E-state index in [-0.39, 0.29) is 87.6 Å². The van der Waals surface area contributed by atoms with E-state index < -0.39 is 75.1 Å². The molecular formula is C41H53N3O17. The zero-order chi connectivity index (χ0) is 44.5. The Bertz CT molecular complexity index is 1890. The van der Waals surface area contributed by atoms with Crippen LogP contribution in [0.1, 0.15) is 97.0 Å². The van der Waals surface area contributed by atoms with E-state index in [9.17, 15) is 54.1 Å². The van der Waals surface area contributed by atoms with Gasteiger partial charge in [-0.25, -0.2) is 9.59 Å². The second-order valence-electron chi connectivity index (χ2n) is 16.7. The molecular weight excluding hydrogens is 806 g/mol. The molecule has 4 aliphatic carbocycles. The number of benzene rings is 1. The van der Waals surface area contributed by atoms with Crippen LogP contribution in [-0.2, 0) is 54.3 Å². The van der Waals surface area contributed by atoms with Gasteiger partial charge in [0.2, 0.25) is 11.7 Å². The molecule has 4 aliphatic rings. The Morgan fingerprint density at radius 1 is 0.918 bits per heavy atom. The number of unbranched alkanes of at least 4 members (excludes halogenated alkanes) is 1. The first-order valence-electron chi connectivity index (χ1n) is 20.5. The van der Waals surface area contributed by atoms with Crippen LogP contribution in [0.4, 0.5) is 4.79 Å². The second-order valence-corrected chi connectivity index (χ2v) is 16.7. The average Bonchev–Trinajstić information content (AvgIpc) is 3.48. The molecule has 1 aromatic rings. The monoisotopic (exact) mass is 859 g/mol. The predicted octanol–water partition coefficient (Wildman–Crippen LogP) is 4.12.